The Kier molecular flexibility index (Phi) is 5.04. The van der Waals surface area contributed by atoms with Crippen LogP contribution in [0.3, 0.4) is 0 Å². The molecule has 1 fully saturated rings. The van der Waals surface area contributed by atoms with E-state index in [1.165, 1.54) is 19.3 Å². The Morgan fingerprint density at radius 3 is 2.14 bits per heavy atom. The van der Waals surface area contributed by atoms with Crippen molar-refractivity contribution < 1.29 is 13.3 Å². The SMILES string of the molecule is CO[Si](OC)(OCN)C1CCCCC1. The molecule has 0 aromatic rings. The Balaban J connectivity index is 2.62. The van der Waals surface area contributed by atoms with Gasteiger partial charge in [-0.05, 0) is 12.8 Å². The minimum absolute atomic E-state index is 0.185. The summed E-state index contributed by atoms with van der Waals surface area (Å²) in [4.78, 5) is 0. The summed E-state index contributed by atoms with van der Waals surface area (Å²) >= 11 is 0. The molecule has 1 rings (SSSR count). The molecule has 0 radical (unpaired) electrons. The topological polar surface area (TPSA) is 53.7 Å². The molecule has 0 spiro atoms. The number of hydrogen-bond acceptors (Lipinski definition) is 4. The van der Waals surface area contributed by atoms with E-state index >= 15 is 0 Å². The van der Waals surface area contributed by atoms with Gasteiger partial charge in [0.25, 0.3) is 0 Å². The zero-order valence-corrected chi connectivity index (χ0v) is 10.1. The normalized spacial score (nSPS) is 19.9. The number of hydrogen-bond donors (Lipinski definition) is 1. The maximum Gasteiger partial charge on any atom is 0.504 e. The molecular weight excluding hydrogens is 198 g/mol. The monoisotopic (exact) mass is 219 g/mol. The van der Waals surface area contributed by atoms with E-state index in [2.05, 4.69) is 0 Å². The van der Waals surface area contributed by atoms with E-state index in [0.717, 1.165) is 12.8 Å². The van der Waals surface area contributed by atoms with Gasteiger partial charge in [0.05, 0.1) is 6.73 Å². The molecule has 2 N–H and O–H groups in total. The van der Waals surface area contributed by atoms with Crippen molar-refractivity contribution in [3.8, 4) is 0 Å². The predicted molar refractivity (Wildman–Crippen MR) is 56.7 cm³/mol. The molecule has 1 aliphatic carbocycles. The largest absolute Gasteiger partial charge is 0.504 e. The quantitative estimate of drug-likeness (QED) is 0.562. The van der Waals surface area contributed by atoms with Gasteiger partial charge in [0.2, 0.25) is 0 Å². The molecule has 0 unspecified atom stereocenters. The lowest BCUT2D eigenvalue weighted by Crippen LogP contribution is -2.50. The highest BCUT2D eigenvalue weighted by atomic mass is 28.4. The van der Waals surface area contributed by atoms with Gasteiger partial charge in [-0.3, -0.25) is 0 Å². The van der Waals surface area contributed by atoms with Gasteiger partial charge in [-0.1, -0.05) is 19.3 Å². The second-order valence-electron chi connectivity index (χ2n) is 3.66. The molecule has 0 heterocycles. The Bertz CT molecular complexity index is 158. The van der Waals surface area contributed by atoms with E-state index in [4.69, 9.17) is 19.0 Å². The summed E-state index contributed by atoms with van der Waals surface area (Å²) < 4.78 is 16.5. The molecule has 4 nitrogen and oxygen atoms in total. The first-order chi connectivity index (χ1) is 6.79. The van der Waals surface area contributed by atoms with Crippen LogP contribution in [-0.4, -0.2) is 29.8 Å². The summed E-state index contributed by atoms with van der Waals surface area (Å²) in [5, 5.41) is 0. The lowest BCUT2D eigenvalue weighted by molar-refractivity contribution is 0.0839. The first-order valence-corrected chi connectivity index (χ1v) is 7.03. The lowest BCUT2D eigenvalue weighted by atomic mass is 10.0. The molecule has 0 aromatic carbocycles. The Labute approximate surface area is 87.1 Å². The van der Waals surface area contributed by atoms with Crippen molar-refractivity contribution in [2.45, 2.75) is 37.6 Å². The fourth-order valence-corrected chi connectivity index (χ4v) is 4.88. The molecule has 0 atom stereocenters. The van der Waals surface area contributed by atoms with Crippen molar-refractivity contribution in [3.63, 3.8) is 0 Å². The third kappa shape index (κ3) is 2.55. The summed E-state index contributed by atoms with van der Waals surface area (Å²) in [6.45, 7) is 0.185. The van der Waals surface area contributed by atoms with Gasteiger partial charge in [-0.25, -0.2) is 0 Å². The van der Waals surface area contributed by atoms with Crippen molar-refractivity contribution in [2.75, 3.05) is 21.0 Å². The fraction of sp³-hybridized carbons (Fsp3) is 1.00. The second kappa shape index (κ2) is 5.82. The van der Waals surface area contributed by atoms with E-state index in [9.17, 15) is 0 Å². The van der Waals surface area contributed by atoms with Gasteiger partial charge in [0.1, 0.15) is 0 Å². The summed E-state index contributed by atoms with van der Waals surface area (Å²) in [6, 6.07) is 0. The molecule has 0 amide bonds. The zero-order chi connectivity index (χ0) is 10.4. The minimum Gasteiger partial charge on any atom is -0.377 e. The van der Waals surface area contributed by atoms with Crippen LogP contribution < -0.4 is 5.73 Å². The summed E-state index contributed by atoms with van der Waals surface area (Å²) in [5.74, 6) is 0. The summed E-state index contributed by atoms with van der Waals surface area (Å²) in [5.41, 5.74) is 5.86. The van der Waals surface area contributed by atoms with Crippen molar-refractivity contribution in [1.29, 1.82) is 0 Å². The minimum atomic E-state index is -2.47. The van der Waals surface area contributed by atoms with Crippen molar-refractivity contribution >= 4 is 8.80 Å². The van der Waals surface area contributed by atoms with Crippen LogP contribution in [0.4, 0.5) is 0 Å². The van der Waals surface area contributed by atoms with Crippen LogP contribution in [0.25, 0.3) is 0 Å². The van der Waals surface area contributed by atoms with Gasteiger partial charge < -0.3 is 19.0 Å². The molecular formula is C9H21NO3Si. The average Bonchev–Trinajstić information content (AvgIpc) is 2.27. The predicted octanol–water partition coefficient (Wildman–Crippen LogP) is 1.49. The highest BCUT2D eigenvalue weighted by molar-refractivity contribution is 6.62. The van der Waals surface area contributed by atoms with Gasteiger partial charge >= 0.3 is 8.80 Å². The van der Waals surface area contributed by atoms with Gasteiger partial charge in [-0.2, -0.15) is 0 Å². The second-order valence-corrected chi connectivity index (χ2v) is 6.79. The first kappa shape index (κ1) is 12.1. The van der Waals surface area contributed by atoms with E-state index in [0.29, 0.717) is 5.54 Å². The molecule has 1 aliphatic rings. The van der Waals surface area contributed by atoms with Gasteiger partial charge in [0, 0.05) is 19.8 Å². The molecule has 14 heavy (non-hydrogen) atoms. The molecule has 0 bridgehead atoms. The van der Waals surface area contributed by atoms with E-state index in [1.807, 2.05) is 0 Å². The number of rotatable bonds is 5. The maximum absolute atomic E-state index is 5.54. The van der Waals surface area contributed by atoms with Crippen LogP contribution in [0.15, 0.2) is 0 Å². The summed E-state index contributed by atoms with van der Waals surface area (Å²) in [7, 11) is 0.866. The molecule has 0 saturated heterocycles. The van der Waals surface area contributed by atoms with Crippen LogP contribution in [0.1, 0.15) is 32.1 Å². The van der Waals surface area contributed by atoms with Crippen LogP contribution >= 0.6 is 0 Å². The van der Waals surface area contributed by atoms with Crippen molar-refractivity contribution in [3.05, 3.63) is 0 Å². The fourth-order valence-electron chi connectivity index (χ4n) is 2.22. The van der Waals surface area contributed by atoms with Crippen LogP contribution in [0, 0.1) is 0 Å². The highest BCUT2D eigenvalue weighted by Crippen LogP contribution is 2.37. The maximum atomic E-state index is 5.54. The van der Waals surface area contributed by atoms with E-state index in [1.54, 1.807) is 14.2 Å². The third-order valence-electron chi connectivity index (χ3n) is 2.96. The smallest absolute Gasteiger partial charge is 0.377 e. The van der Waals surface area contributed by atoms with Crippen LogP contribution in [0.5, 0.6) is 0 Å². The molecule has 0 aliphatic heterocycles. The highest BCUT2D eigenvalue weighted by Gasteiger charge is 2.47. The Hall–Kier alpha value is 0.0569. The van der Waals surface area contributed by atoms with Crippen LogP contribution in [0.2, 0.25) is 5.54 Å². The van der Waals surface area contributed by atoms with Gasteiger partial charge in [-0.15, -0.1) is 0 Å². The van der Waals surface area contributed by atoms with E-state index < -0.39 is 8.80 Å². The third-order valence-corrected chi connectivity index (χ3v) is 6.24. The van der Waals surface area contributed by atoms with Crippen molar-refractivity contribution in [2.24, 2.45) is 5.73 Å². The molecule has 1 saturated carbocycles. The first-order valence-electron chi connectivity index (χ1n) is 5.23. The van der Waals surface area contributed by atoms with Crippen molar-refractivity contribution in [1.82, 2.24) is 0 Å². The molecule has 84 valence electrons. The van der Waals surface area contributed by atoms with E-state index in [-0.39, 0.29) is 6.73 Å². The number of nitrogens with two attached hydrogens (primary N) is 1. The van der Waals surface area contributed by atoms with Gasteiger partial charge in [0.15, 0.2) is 0 Å². The molecule has 5 heteroatoms. The summed E-state index contributed by atoms with van der Waals surface area (Å²) in [6.07, 6.45) is 6.11. The molecule has 0 aromatic heterocycles. The lowest BCUT2D eigenvalue weighted by Gasteiger charge is -2.35. The Morgan fingerprint density at radius 1 is 1.14 bits per heavy atom. The van der Waals surface area contributed by atoms with Crippen LogP contribution in [-0.2, 0) is 13.3 Å². The zero-order valence-electron chi connectivity index (χ0n) is 9.12. The average molecular weight is 219 g/mol. The standard InChI is InChI=1S/C9H21NO3Si/c1-11-14(12-2,13-8-10)9-6-4-3-5-7-9/h9H,3-8,10H2,1-2H3. The Morgan fingerprint density at radius 2 is 1.71 bits per heavy atom.